The molecule has 1 heterocycles. The second-order valence-electron chi connectivity index (χ2n) is 6.80. The van der Waals surface area contributed by atoms with E-state index in [0.29, 0.717) is 0 Å². The summed E-state index contributed by atoms with van der Waals surface area (Å²) < 4.78 is 0. The van der Waals surface area contributed by atoms with E-state index in [0.717, 1.165) is 33.5 Å². The molecule has 0 aliphatic rings. The van der Waals surface area contributed by atoms with Crippen LogP contribution in [-0.4, -0.2) is 19.1 Å². The van der Waals surface area contributed by atoms with E-state index in [2.05, 4.69) is 62.8 Å². The molecule has 0 aliphatic heterocycles. The lowest BCUT2D eigenvalue weighted by Crippen LogP contribution is -2.08. The van der Waals surface area contributed by atoms with Crippen molar-refractivity contribution in [3.63, 3.8) is 0 Å². The fourth-order valence-electron chi connectivity index (χ4n) is 2.82. The summed E-state index contributed by atoms with van der Waals surface area (Å²) in [4.78, 5) is 6.80. The van der Waals surface area contributed by atoms with E-state index in [-0.39, 0.29) is 0 Å². The fraction of sp³-hybridized carbons (Fsp3) is 0.0870. The highest BCUT2D eigenvalue weighted by molar-refractivity contribution is 7.14. The Morgan fingerprint density at radius 1 is 0.724 bits per heavy atom. The molecular formula is C23H23N5S. The van der Waals surface area contributed by atoms with Gasteiger partial charge in [0.05, 0.1) is 17.1 Å². The van der Waals surface area contributed by atoms with E-state index < -0.39 is 0 Å². The van der Waals surface area contributed by atoms with Crippen LogP contribution in [0.2, 0.25) is 0 Å². The minimum atomic E-state index is 0.880. The van der Waals surface area contributed by atoms with Crippen LogP contribution >= 0.6 is 11.3 Å². The lowest BCUT2D eigenvalue weighted by Gasteiger charge is -2.12. The lowest BCUT2D eigenvalue weighted by molar-refractivity contribution is 1.13. The minimum absolute atomic E-state index is 0.880. The van der Waals surface area contributed by atoms with Crippen molar-refractivity contribution in [1.82, 2.24) is 4.98 Å². The van der Waals surface area contributed by atoms with Gasteiger partial charge in [-0.3, -0.25) is 0 Å². The zero-order chi connectivity index (χ0) is 20.1. The number of para-hydroxylation sites is 1. The molecule has 0 aliphatic carbocycles. The van der Waals surface area contributed by atoms with E-state index >= 15 is 0 Å². The molecule has 3 aromatic carbocycles. The first-order valence-electron chi connectivity index (χ1n) is 9.35. The van der Waals surface area contributed by atoms with Gasteiger partial charge in [-0.25, -0.2) is 4.98 Å². The van der Waals surface area contributed by atoms with Gasteiger partial charge in [-0.05, 0) is 48.5 Å². The van der Waals surface area contributed by atoms with Crippen molar-refractivity contribution in [2.45, 2.75) is 0 Å². The second kappa shape index (κ2) is 8.67. The SMILES string of the molecule is CN(C)c1ccc(Nc2nc(-c3ccc(NNc4ccccc4)cc3)cs2)cc1. The molecule has 29 heavy (non-hydrogen) atoms. The van der Waals surface area contributed by atoms with Gasteiger partial charge in [-0.1, -0.05) is 30.3 Å². The Morgan fingerprint density at radius 3 is 2.00 bits per heavy atom. The van der Waals surface area contributed by atoms with Gasteiger partial charge in [0, 0.05) is 36.4 Å². The van der Waals surface area contributed by atoms with Crippen molar-refractivity contribution in [1.29, 1.82) is 0 Å². The molecule has 0 unspecified atom stereocenters. The molecule has 6 heteroatoms. The topological polar surface area (TPSA) is 52.2 Å². The van der Waals surface area contributed by atoms with E-state index in [4.69, 9.17) is 4.98 Å². The number of anilines is 5. The summed E-state index contributed by atoms with van der Waals surface area (Å²) in [5.74, 6) is 0. The van der Waals surface area contributed by atoms with Crippen LogP contribution in [0.15, 0.2) is 84.2 Å². The van der Waals surface area contributed by atoms with Crippen LogP contribution in [-0.2, 0) is 0 Å². The maximum Gasteiger partial charge on any atom is 0.187 e. The average Bonchev–Trinajstić information content (AvgIpc) is 3.22. The first-order chi connectivity index (χ1) is 14.2. The summed E-state index contributed by atoms with van der Waals surface area (Å²) in [5, 5.41) is 6.33. The molecule has 0 amide bonds. The highest BCUT2D eigenvalue weighted by Gasteiger charge is 2.06. The average molecular weight is 402 g/mol. The minimum Gasteiger partial charge on any atom is -0.378 e. The Bertz CT molecular complexity index is 1040. The Kier molecular flexibility index (Phi) is 5.63. The van der Waals surface area contributed by atoms with Gasteiger partial charge in [0.1, 0.15) is 0 Å². The largest absolute Gasteiger partial charge is 0.378 e. The summed E-state index contributed by atoms with van der Waals surface area (Å²) in [6.07, 6.45) is 0. The molecule has 0 saturated carbocycles. The van der Waals surface area contributed by atoms with E-state index in [1.165, 1.54) is 5.69 Å². The predicted octanol–water partition coefficient (Wildman–Crippen LogP) is 6.06. The second-order valence-corrected chi connectivity index (χ2v) is 7.66. The van der Waals surface area contributed by atoms with Gasteiger partial charge in [0.15, 0.2) is 5.13 Å². The Hall–Kier alpha value is -3.51. The number of hydrazine groups is 1. The van der Waals surface area contributed by atoms with Crippen LogP contribution < -0.4 is 21.1 Å². The van der Waals surface area contributed by atoms with Crippen LogP contribution in [0.4, 0.5) is 27.9 Å². The van der Waals surface area contributed by atoms with Crippen molar-refractivity contribution >= 4 is 39.2 Å². The van der Waals surface area contributed by atoms with Crippen LogP contribution in [0, 0.1) is 0 Å². The van der Waals surface area contributed by atoms with Crippen LogP contribution in [0.25, 0.3) is 11.3 Å². The fourth-order valence-corrected chi connectivity index (χ4v) is 3.56. The van der Waals surface area contributed by atoms with Crippen LogP contribution in [0.3, 0.4) is 0 Å². The van der Waals surface area contributed by atoms with Gasteiger partial charge in [-0.15, -0.1) is 11.3 Å². The molecule has 0 fully saturated rings. The highest BCUT2D eigenvalue weighted by atomic mass is 32.1. The molecule has 4 aromatic rings. The van der Waals surface area contributed by atoms with Gasteiger partial charge in [0.2, 0.25) is 0 Å². The third-order valence-electron chi connectivity index (χ3n) is 4.44. The lowest BCUT2D eigenvalue weighted by atomic mass is 10.1. The van der Waals surface area contributed by atoms with Crippen LogP contribution in [0.5, 0.6) is 0 Å². The highest BCUT2D eigenvalue weighted by Crippen LogP contribution is 2.28. The summed E-state index contributed by atoms with van der Waals surface area (Å²) in [7, 11) is 4.07. The smallest absolute Gasteiger partial charge is 0.187 e. The number of rotatable bonds is 7. The van der Waals surface area contributed by atoms with Gasteiger partial charge < -0.3 is 21.1 Å². The van der Waals surface area contributed by atoms with Crippen LogP contribution in [0.1, 0.15) is 0 Å². The maximum atomic E-state index is 4.72. The van der Waals surface area contributed by atoms with Crippen molar-refractivity contribution < 1.29 is 0 Å². The molecule has 5 nitrogen and oxygen atoms in total. The maximum absolute atomic E-state index is 4.72. The predicted molar refractivity (Wildman–Crippen MR) is 125 cm³/mol. The van der Waals surface area contributed by atoms with E-state index in [9.17, 15) is 0 Å². The third-order valence-corrected chi connectivity index (χ3v) is 5.20. The molecule has 3 N–H and O–H groups in total. The first-order valence-corrected chi connectivity index (χ1v) is 10.2. The van der Waals surface area contributed by atoms with Crippen molar-refractivity contribution in [2.75, 3.05) is 35.2 Å². The standard InChI is InChI=1S/C23H23N5S/c1-28(2)21-14-12-18(13-15-21)24-23-25-22(16-29-23)17-8-10-20(11-9-17)27-26-19-6-4-3-5-7-19/h3-16,26-27H,1-2H3,(H,24,25). The van der Waals surface area contributed by atoms with Gasteiger partial charge in [-0.2, -0.15) is 0 Å². The number of benzene rings is 3. The summed E-state index contributed by atoms with van der Waals surface area (Å²) in [6, 6.07) is 26.5. The summed E-state index contributed by atoms with van der Waals surface area (Å²) in [5.41, 5.74) is 12.7. The molecule has 4 rings (SSSR count). The molecule has 1 aromatic heterocycles. The van der Waals surface area contributed by atoms with E-state index in [1.807, 2.05) is 56.6 Å². The monoisotopic (exact) mass is 401 g/mol. The third kappa shape index (κ3) is 4.86. The number of nitrogens with zero attached hydrogens (tertiary/aromatic N) is 2. The molecule has 146 valence electrons. The molecule has 0 spiro atoms. The zero-order valence-electron chi connectivity index (χ0n) is 16.4. The van der Waals surface area contributed by atoms with Crippen molar-refractivity contribution in [2.24, 2.45) is 0 Å². The summed E-state index contributed by atoms with van der Waals surface area (Å²) >= 11 is 1.60. The van der Waals surface area contributed by atoms with E-state index in [1.54, 1.807) is 11.3 Å². The quantitative estimate of drug-likeness (QED) is 0.329. The Morgan fingerprint density at radius 2 is 1.34 bits per heavy atom. The molecule has 0 radical (unpaired) electrons. The number of hydrogen-bond acceptors (Lipinski definition) is 6. The number of hydrogen-bond donors (Lipinski definition) is 3. The molecule has 0 bridgehead atoms. The Balaban J connectivity index is 1.38. The summed E-state index contributed by atoms with van der Waals surface area (Å²) in [6.45, 7) is 0. The van der Waals surface area contributed by atoms with Crippen molar-refractivity contribution in [3.8, 4) is 11.3 Å². The zero-order valence-corrected chi connectivity index (χ0v) is 17.2. The normalized spacial score (nSPS) is 10.4. The molecular weight excluding hydrogens is 378 g/mol. The Labute approximate surface area is 175 Å². The molecule has 0 atom stereocenters. The number of aromatic nitrogens is 1. The van der Waals surface area contributed by atoms with Gasteiger partial charge >= 0.3 is 0 Å². The van der Waals surface area contributed by atoms with Crippen molar-refractivity contribution in [3.05, 3.63) is 84.2 Å². The van der Waals surface area contributed by atoms with Gasteiger partial charge in [0.25, 0.3) is 0 Å². The number of thiazole rings is 1. The number of nitrogens with one attached hydrogen (secondary N) is 3. The molecule has 0 saturated heterocycles. The first kappa shape index (κ1) is 18.8.